The van der Waals surface area contributed by atoms with Crippen molar-refractivity contribution in [3.63, 3.8) is 0 Å². The molecule has 0 aliphatic rings. The van der Waals surface area contributed by atoms with Gasteiger partial charge in [0.25, 0.3) is 5.91 Å². The number of hydrogen-bond acceptors (Lipinski definition) is 5. The molecular formula is C26H21F3N2O4S. The predicted octanol–water partition coefficient (Wildman–Crippen LogP) is 5.77. The van der Waals surface area contributed by atoms with Gasteiger partial charge in [0.05, 0.1) is 16.2 Å². The molecule has 1 heterocycles. The van der Waals surface area contributed by atoms with Gasteiger partial charge in [0.1, 0.15) is 5.75 Å². The molecule has 0 unspecified atom stereocenters. The van der Waals surface area contributed by atoms with E-state index < -0.39 is 21.6 Å². The molecule has 0 radical (unpaired) electrons. The summed E-state index contributed by atoms with van der Waals surface area (Å²) in [5.74, 6) is 0.0746. The molecule has 1 amide bonds. The third kappa shape index (κ3) is 5.65. The number of amides is 1. The number of halogens is 3. The maximum absolute atomic E-state index is 12.8. The van der Waals surface area contributed by atoms with E-state index in [2.05, 4.69) is 10.3 Å². The topological polar surface area (TPSA) is 85.4 Å². The van der Waals surface area contributed by atoms with Crippen molar-refractivity contribution < 1.29 is 31.1 Å². The molecule has 0 atom stereocenters. The molecule has 0 saturated carbocycles. The number of benzene rings is 3. The first kappa shape index (κ1) is 25.2. The summed E-state index contributed by atoms with van der Waals surface area (Å²) in [6, 6.07) is 17.2. The zero-order valence-electron chi connectivity index (χ0n) is 19.0. The molecular weight excluding hydrogens is 493 g/mol. The highest BCUT2D eigenvalue weighted by Crippen LogP contribution is 2.32. The third-order valence-corrected chi connectivity index (χ3v) is 7.25. The minimum Gasteiger partial charge on any atom is -0.438 e. The Balaban J connectivity index is 1.46. The Morgan fingerprint density at radius 3 is 2.31 bits per heavy atom. The first-order chi connectivity index (χ1) is 17.1. The highest BCUT2D eigenvalue weighted by molar-refractivity contribution is 7.91. The van der Waals surface area contributed by atoms with E-state index in [0.29, 0.717) is 16.3 Å². The number of carbonyl (C=O) groups excluding carboxylic acids is 1. The fourth-order valence-electron chi connectivity index (χ4n) is 3.46. The molecule has 186 valence electrons. The standard InChI is InChI=1S/C26H21F3N2O4S/c1-2-36(33,34)22-10-3-17(4-11-22)16-31-24(32)19-5-12-23-18(15-19)13-14-30-25(23)35-21-8-6-20(7-9-21)26(27,28)29/h3-15H,2,16H2,1H3,(H,31,32). The van der Waals surface area contributed by atoms with E-state index in [9.17, 15) is 26.4 Å². The lowest BCUT2D eigenvalue weighted by atomic mass is 10.1. The maximum Gasteiger partial charge on any atom is 0.416 e. The van der Waals surface area contributed by atoms with Gasteiger partial charge in [-0.3, -0.25) is 4.79 Å². The highest BCUT2D eigenvalue weighted by Gasteiger charge is 2.30. The summed E-state index contributed by atoms with van der Waals surface area (Å²) < 4.78 is 67.9. The summed E-state index contributed by atoms with van der Waals surface area (Å²) in [4.78, 5) is 17.1. The average molecular weight is 515 g/mol. The summed E-state index contributed by atoms with van der Waals surface area (Å²) in [6.07, 6.45) is -2.96. The van der Waals surface area contributed by atoms with Gasteiger partial charge in [-0.05, 0) is 71.6 Å². The molecule has 0 spiro atoms. The number of alkyl halides is 3. The number of sulfone groups is 1. The van der Waals surface area contributed by atoms with Gasteiger partial charge in [0.15, 0.2) is 9.84 Å². The molecule has 0 saturated heterocycles. The molecule has 1 aromatic heterocycles. The summed E-state index contributed by atoms with van der Waals surface area (Å²) >= 11 is 0. The van der Waals surface area contributed by atoms with Gasteiger partial charge < -0.3 is 10.1 Å². The van der Waals surface area contributed by atoms with Crippen LogP contribution >= 0.6 is 0 Å². The van der Waals surface area contributed by atoms with E-state index in [1.54, 1.807) is 43.3 Å². The van der Waals surface area contributed by atoms with Gasteiger partial charge in [-0.1, -0.05) is 19.1 Å². The van der Waals surface area contributed by atoms with Gasteiger partial charge in [0.2, 0.25) is 5.88 Å². The summed E-state index contributed by atoms with van der Waals surface area (Å²) in [7, 11) is -3.29. The van der Waals surface area contributed by atoms with Crippen LogP contribution in [0.1, 0.15) is 28.4 Å². The number of pyridine rings is 1. The number of fused-ring (bicyclic) bond motifs is 1. The fraction of sp³-hybridized carbons (Fsp3) is 0.154. The summed E-state index contributed by atoms with van der Waals surface area (Å²) in [5, 5.41) is 4.04. The molecule has 0 bridgehead atoms. The zero-order valence-corrected chi connectivity index (χ0v) is 19.9. The van der Waals surface area contributed by atoms with Crippen LogP contribution in [0.5, 0.6) is 11.6 Å². The van der Waals surface area contributed by atoms with Crippen molar-refractivity contribution in [1.29, 1.82) is 0 Å². The minimum absolute atomic E-state index is 0.0116. The van der Waals surface area contributed by atoms with Gasteiger partial charge in [0, 0.05) is 23.7 Å². The van der Waals surface area contributed by atoms with E-state index in [4.69, 9.17) is 4.74 Å². The van der Waals surface area contributed by atoms with Crippen LogP contribution in [-0.4, -0.2) is 25.1 Å². The molecule has 4 rings (SSSR count). The van der Waals surface area contributed by atoms with E-state index in [-0.39, 0.29) is 34.7 Å². The van der Waals surface area contributed by atoms with E-state index in [1.165, 1.54) is 30.5 Å². The van der Waals surface area contributed by atoms with Crippen LogP contribution in [0.25, 0.3) is 10.8 Å². The van der Waals surface area contributed by atoms with E-state index >= 15 is 0 Å². The molecule has 4 aromatic rings. The SMILES string of the molecule is CCS(=O)(=O)c1ccc(CNC(=O)c2ccc3c(Oc4ccc(C(F)(F)F)cc4)nccc3c2)cc1. The lowest BCUT2D eigenvalue weighted by Gasteiger charge is -2.11. The summed E-state index contributed by atoms with van der Waals surface area (Å²) in [5.41, 5.74) is 0.355. The van der Waals surface area contributed by atoms with Gasteiger partial charge >= 0.3 is 6.18 Å². The Hall–Kier alpha value is -3.92. The lowest BCUT2D eigenvalue weighted by molar-refractivity contribution is -0.137. The Kier molecular flexibility index (Phi) is 6.98. The fourth-order valence-corrected chi connectivity index (χ4v) is 4.35. The first-order valence-electron chi connectivity index (χ1n) is 10.9. The van der Waals surface area contributed by atoms with Gasteiger partial charge in [-0.15, -0.1) is 0 Å². The van der Waals surface area contributed by atoms with Crippen LogP contribution in [0.4, 0.5) is 13.2 Å². The molecule has 1 N–H and O–H groups in total. The second-order valence-electron chi connectivity index (χ2n) is 7.91. The van der Waals surface area contributed by atoms with Crippen molar-refractivity contribution in [3.8, 4) is 11.6 Å². The molecule has 0 aliphatic carbocycles. The van der Waals surface area contributed by atoms with Crippen LogP contribution < -0.4 is 10.1 Å². The number of nitrogens with zero attached hydrogens (tertiary/aromatic N) is 1. The van der Waals surface area contributed by atoms with Crippen LogP contribution in [0.2, 0.25) is 0 Å². The predicted molar refractivity (Wildman–Crippen MR) is 129 cm³/mol. The largest absolute Gasteiger partial charge is 0.438 e. The quantitative estimate of drug-likeness (QED) is 0.339. The van der Waals surface area contributed by atoms with Crippen LogP contribution in [-0.2, 0) is 22.6 Å². The van der Waals surface area contributed by atoms with E-state index in [1.807, 2.05) is 0 Å². The molecule has 0 fully saturated rings. The van der Waals surface area contributed by atoms with Crippen LogP contribution in [0.15, 0.2) is 83.9 Å². The smallest absolute Gasteiger partial charge is 0.416 e. The number of nitrogens with one attached hydrogen (secondary N) is 1. The Morgan fingerprint density at radius 2 is 1.67 bits per heavy atom. The number of aromatic nitrogens is 1. The third-order valence-electron chi connectivity index (χ3n) is 5.50. The number of rotatable bonds is 7. The second kappa shape index (κ2) is 9.98. The molecule has 0 aliphatic heterocycles. The average Bonchev–Trinajstić information content (AvgIpc) is 2.87. The monoisotopic (exact) mass is 514 g/mol. The Labute approximate surface area is 205 Å². The van der Waals surface area contributed by atoms with Crippen molar-refractivity contribution in [1.82, 2.24) is 10.3 Å². The van der Waals surface area contributed by atoms with Crippen molar-refractivity contribution in [2.75, 3.05) is 5.75 Å². The van der Waals surface area contributed by atoms with Crippen molar-refractivity contribution >= 4 is 26.5 Å². The maximum atomic E-state index is 12.8. The Morgan fingerprint density at radius 1 is 0.972 bits per heavy atom. The lowest BCUT2D eigenvalue weighted by Crippen LogP contribution is -2.22. The molecule has 6 nitrogen and oxygen atoms in total. The van der Waals surface area contributed by atoms with Crippen molar-refractivity contribution in [2.45, 2.75) is 24.5 Å². The number of carbonyl (C=O) groups is 1. The summed E-state index contributed by atoms with van der Waals surface area (Å²) in [6.45, 7) is 1.79. The van der Waals surface area contributed by atoms with Crippen molar-refractivity contribution in [2.24, 2.45) is 0 Å². The Bertz CT molecular complexity index is 1500. The van der Waals surface area contributed by atoms with Crippen molar-refractivity contribution in [3.05, 3.63) is 95.7 Å². The normalized spacial score (nSPS) is 11.9. The first-order valence-corrected chi connectivity index (χ1v) is 12.6. The zero-order chi connectivity index (χ0) is 25.9. The molecule has 3 aromatic carbocycles. The van der Waals surface area contributed by atoms with E-state index in [0.717, 1.165) is 17.7 Å². The van der Waals surface area contributed by atoms with Crippen LogP contribution in [0, 0.1) is 0 Å². The van der Waals surface area contributed by atoms with Gasteiger partial charge in [-0.2, -0.15) is 13.2 Å². The highest BCUT2D eigenvalue weighted by atomic mass is 32.2. The molecule has 36 heavy (non-hydrogen) atoms. The molecule has 10 heteroatoms. The van der Waals surface area contributed by atoms with Gasteiger partial charge in [-0.25, -0.2) is 13.4 Å². The van der Waals surface area contributed by atoms with Crippen LogP contribution in [0.3, 0.4) is 0 Å². The number of ether oxygens (including phenoxy) is 1. The number of hydrogen-bond donors (Lipinski definition) is 1. The second-order valence-corrected chi connectivity index (χ2v) is 10.2. The minimum atomic E-state index is -4.44.